The van der Waals surface area contributed by atoms with E-state index in [0.29, 0.717) is 0 Å². The summed E-state index contributed by atoms with van der Waals surface area (Å²) in [7, 11) is 0. The first-order chi connectivity index (χ1) is 7.84. The number of thiazole rings is 1. The summed E-state index contributed by atoms with van der Waals surface area (Å²) in [4.78, 5) is 4.44. The standard InChI is InChI=1S/C13H15NS2/c1-11-10-16-13(14-11)15-9-5-8-12-6-3-2-4-7-12/h2-4,6-7,10H,5,8-9H2,1H3. The molecule has 0 aliphatic rings. The fraction of sp³-hybridized carbons (Fsp3) is 0.308. The molecule has 84 valence electrons. The Hall–Kier alpha value is -0.800. The highest BCUT2D eigenvalue weighted by Crippen LogP contribution is 2.23. The van der Waals surface area contributed by atoms with Gasteiger partial charge >= 0.3 is 0 Å². The average molecular weight is 249 g/mol. The molecular weight excluding hydrogens is 234 g/mol. The van der Waals surface area contributed by atoms with Gasteiger partial charge < -0.3 is 0 Å². The highest BCUT2D eigenvalue weighted by molar-refractivity contribution is 8.00. The summed E-state index contributed by atoms with van der Waals surface area (Å²) in [5, 5.41) is 2.11. The molecule has 0 atom stereocenters. The molecule has 0 N–H and O–H groups in total. The van der Waals surface area contributed by atoms with Crippen LogP contribution in [0.5, 0.6) is 0 Å². The smallest absolute Gasteiger partial charge is 0.150 e. The van der Waals surface area contributed by atoms with Gasteiger partial charge in [-0.25, -0.2) is 4.98 Å². The number of hydrogen-bond donors (Lipinski definition) is 0. The first-order valence-corrected chi connectivity index (χ1v) is 7.30. The maximum Gasteiger partial charge on any atom is 0.150 e. The molecule has 0 unspecified atom stereocenters. The molecule has 1 heterocycles. The van der Waals surface area contributed by atoms with Gasteiger partial charge in [-0.2, -0.15) is 0 Å². The van der Waals surface area contributed by atoms with Gasteiger partial charge in [-0.3, -0.25) is 0 Å². The Morgan fingerprint density at radius 2 is 2.06 bits per heavy atom. The van der Waals surface area contributed by atoms with E-state index in [1.165, 1.54) is 16.3 Å². The van der Waals surface area contributed by atoms with Gasteiger partial charge in [-0.05, 0) is 25.3 Å². The highest BCUT2D eigenvalue weighted by Gasteiger charge is 1.99. The van der Waals surface area contributed by atoms with E-state index in [1.54, 1.807) is 11.3 Å². The van der Waals surface area contributed by atoms with Crippen LogP contribution >= 0.6 is 23.1 Å². The van der Waals surface area contributed by atoms with Crippen molar-refractivity contribution < 1.29 is 0 Å². The lowest BCUT2D eigenvalue weighted by molar-refractivity contribution is 0.932. The fourth-order valence-electron chi connectivity index (χ4n) is 1.48. The number of nitrogens with zero attached hydrogens (tertiary/aromatic N) is 1. The summed E-state index contributed by atoms with van der Waals surface area (Å²) in [6.45, 7) is 2.05. The van der Waals surface area contributed by atoms with E-state index in [-0.39, 0.29) is 0 Å². The van der Waals surface area contributed by atoms with Gasteiger partial charge in [-0.1, -0.05) is 42.1 Å². The normalized spacial score (nSPS) is 10.6. The third kappa shape index (κ3) is 3.65. The van der Waals surface area contributed by atoms with Crippen molar-refractivity contribution >= 4 is 23.1 Å². The minimum atomic E-state index is 1.13. The number of benzene rings is 1. The van der Waals surface area contributed by atoms with E-state index in [2.05, 4.69) is 40.7 Å². The van der Waals surface area contributed by atoms with E-state index >= 15 is 0 Å². The van der Waals surface area contributed by atoms with Crippen LogP contribution in [0, 0.1) is 6.92 Å². The van der Waals surface area contributed by atoms with Crippen molar-refractivity contribution in [3.05, 3.63) is 47.0 Å². The molecule has 0 saturated carbocycles. The Bertz CT molecular complexity index is 423. The van der Waals surface area contributed by atoms with E-state index in [1.807, 2.05) is 18.7 Å². The second-order valence-corrected chi connectivity index (χ2v) is 5.89. The Morgan fingerprint density at radius 1 is 1.25 bits per heavy atom. The van der Waals surface area contributed by atoms with Crippen molar-refractivity contribution in [1.29, 1.82) is 0 Å². The number of aryl methyl sites for hydroxylation is 2. The Balaban J connectivity index is 1.69. The van der Waals surface area contributed by atoms with Crippen molar-refractivity contribution in [3.63, 3.8) is 0 Å². The zero-order valence-corrected chi connectivity index (χ0v) is 11.0. The Morgan fingerprint density at radius 3 is 2.75 bits per heavy atom. The van der Waals surface area contributed by atoms with Gasteiger partial charge in [0.25, 0.3) is 0 Å². The van der Waals surface area contributed by atoms with Crippen LogP contribution in [0.25, 0.3) is 0 Å². The Kier molecular flexibility index (Phi) is 4.43. The van der Waals surface area contributed by atoms with Crippen LogP contribution < -0.4 is 0 Å². The van der Waals surface area contributed by atoms with Crippen LogP contribution in [-0.4, -0.2) is 10.7 Å². The van der Waals surface area contributed by atoms with Crippen molar-refractivity contribution in [2.24, 2.45) is 0 Å². The Labute approximate surface area is 105 Å². The fourth-order valence-corrected chi connectivity index (χ4v) is 3.34. The molecule has 1 aromatic carbocycles. The lowest BCUT2D eigenvalue weighted by Gasteiger charge is -1.99. The minimum Gasteiger partial charge on any atom is -0.235 e. The van der Waals surface area contributed by atoms with Crippen LogP contribution in [0.4, 0.5) is 0 Å². The maximum atomic E-state index is 4.44. The third-order valence-electron chi connectivity index (χ3n) is 2.28. The molecule has 0 bridgehead atoms. The quantitative estimate of drug-likeness (QED) is 0.582. The first kappa shape index (κ1) is 11.7. The molecule has 0 aliphatic heterocycles. The molecule has 2 aromatic rings. The molecule has 0 fully saturated rings. The molecule has 2 rings (SSSR count). The molecular formula is C13H15NS2. The van der Waals surface area contributed by atoms with Crippen LogP contribution in [-0.2, 0) is 6.42 Å². The van der Waals surface area contributed by atoms with E-state index in [4.69, 9.17) is 0 Å². The van der Waals surface area contributed by atoms with Crippen LogP contribution in [0.2, 0.25) is 0 Å². The van der Waals surface area contributed by atoms with Gasteiger partial charge in [-0.15, -0.1) is 11.3 Å². The second kappa shape index (κ2) is 6.06. The first-order valence-electron chi connectivity index (χ1n) is 5.43. The average Bonchev–Trinajstić information content (AvgIpc) is 2.72. The molecule has 16 heavy (non-hydrogen) atoms. The number of hydrogen-bond acceptors (Lipinski definition) is 3. The van der Waals surface area contributed by atoms with Crippen molar-refractivity contribution in [3.8, 4) is 0 Å². The van der Waals surface area contributed by atoms with Crippen LogP contribution in [0.1, 0.15) is 17.7 Å². The highest BCUT2D eigenvalue weighted by atomic mass is 32.2. The van der Waals surface area contributed by atoms with Crippen molar-refractivity contribution in [2.75, 3.05) is 5.75 Å². The lowest BCUT2D eigenvalue weighted by atomic mass is 10.1. The second-order valence-electron chi connectivity index (χ2n) is 3.69. The SMILES string of the molecule is Cc1csc(SCCCc2ccccc2)n1. The lowest BCUT2D eigenvalue weighted by Crippen LogP contribution is -1.87. The molecule has 0 amide bonds. The summed E-state index contributed by atoms with van der Waals surface area (Å²) in [6.07, 6.45) is 2.38. The molecule has 1 aromatic heterocycles. The summed E-state index contributed by atoms with van der Waals surface area (Å²) < 4.78 is 1.20. The maximum absolute atomic E-state index is 4.44. The van der Waals surface area contributed by atoms with E-state index in [0.717, 1.165) is 17.9 Å². The largest absolute Gasteiger partial charge is 0.235 e. The summed E-state index contributed by atoms with van der Waals surface area (Å²) in [5.41, 5.74) is 2.56. The van der Waals surface area contributed by atoms with Crippen LogP contribution in [0.15, 0.2) is 40.1 Å². The molecule has 0 spiro atoms. The zero-order chi connectivity index (χ0) is 11.2. The van der Waals surface area contributed by atoms with E-state index in [9.17, 15) is 0 Å². The number of thioether (sulfide) groups is 1. The summed E-state index contributed by atoms with van der Waals surface area (Å²) in [6, 6.07) is 10.7. The third-order valence-corrected chi connectivity index (χ3v) is 4.50. The van der Waals surface area contributed by atoms with Crippen LogP contribution in [0.3, 0.4) is 0 Å². The minimum absolute atomic E-state index is 1.13. The predicted molar refractivity (Wildman–Crippen MR) is 72.3 cm³/mol. The van der Waals surface area contributed by atoms with Gasteiger partial charge in [0.1, 0.15) is 4.34 Å². The number of rotatable bonds is 5. The molecule has 0 radical (unpaired) electrons. The summed E-state index contributed by atoms with van der Waals surface area (Å²) in [5.74, 6) is 1.15. The molecule has 3 heteroatoms. The van der Waals surface area contributed by atoms with Crippen molar-refractivity contribution in [1.82, 2.24) is 4.98 Å². The topological polar surface area (TPSA) is 12.9 Å². The monoisotopic (exact) mass is 249 g/mol. The summed E-state index contributed by atoms with van der Waals surface area (Å²) >= 11 is 3.62. The molecule has 1 nitrogen and oxygen atoms in total. The van der Waals surface area contributed by atoms with Gasteiger partial charge in [0.05, 0.1) is 0 Å². The van der Waals surface area contributed by atoms with Gasteiger partial charge in [0.15, 0.2) is 0 Å². The molecule has 0 saturated heterocycles. The van der Waals surface area contributed by atoms with Crippen molar-refractivity contribution in [2.45, 2.75) is 24.1 Å². The zero-order valence-electron chi connectivity index (χ0n) is 9.35. The van der Waals surface area contributed by atoms with Gasteiger partial charge in [0, 0.05) is 16.8 Å². The number of aromatic nitrogens is 1. The van der Waals surface area contributed by atoms with E-state index < -0.39 is 0 Å². The molecule has 0 aliphatic carbocycles. The van der Waals surface area contributed by atoms with Gasteiger partial charge in [0.2, 0.25) is 0 Å². The predicted octanol–water partition coefficient (Wildman–Crippen LogP) is 4.18.